The summed E-state index contributed by atoms with van der Waals surface area (Å²) in [7, 11) is 0. The van der Waals surface area contributed by atoms with E-state index in [1.807, 2.05) is 61.5 Å². The third-order valence-electron chi connectivity index (χ3n) is 3.87. The van der Waals surface area contributed by atoms with Gasteiger partial charge in [-0.05, 0) is 37.5 Å². The van der Waals surface area contributed by atoms with Crippen molar-refractivity contribution in [1.82, 2.24) is 5.32 Å². The number of esters is 1. The van der Waals surface area contributed by atoms with Crippen LogP contribution >= 0.6 is 0 Å². The second kappa shape index (κ2) is 12.4. The van der Waals surface area contributed by atoms with Crippen molar-refractivity contribution >= 4 is 11.9 Å². The Bertz CT molecular complexity index is 733. The fraction of sp³-hybridized carbons (Fsp3) is 0.364. The van der Waals surface area contributed by atoms with Crippen molar-refractivity contribution in [3.8, 4) is 11.5 Å². The van der Waals surface area contributed by atoms with Crippen molar-refractivity contribution in [3.63, 3.8) is 0 Å². The van der Waals surface area contributed by atoms with Gasteiger partial charge in [-0.25, -0.2) is 0 Å². The van der Waals surface area contributed by atoms with Crippen LogP contribution in [0.5, 0.6) is 11.5 Å². The number of nitrogens with one attached hydrogen (secondary N) is 1. The Hall–Kier alpha value is -3.02. The summed E-state index contributed by atoms with van der Waals surface area (Å²) in [5.41, 5.74) is 1.14. The Morgan fingerprint density at radius 1 is 0.929 bits per heavy atom. The molecule has 0 aliphatic rings. The quantitative estimate of drug-likeness (QED) is 0.449. The summed E-state index contributed by atoms with van der Waals surface area (Å²) in [6.45, 7) is 3.07. The zero-order valence-corrected chi connectivity index (χ0v) is 16.2. The molecular weight excluding hydrogens is 358 g/mol. The van der Waals surface area contributed by atoms with Gasteiger partial charge in [0.2, 0.25) is 0 Å². The van der Waals surface area contributed by atoms with Gasteiger partial charge >= 0.3 is 5.97 Å². The number of rotatable bonds is 12. The van der Waals surface area contributed by atoms with Crippen LogP contribution in [0.25, 0.3) is 0 Å². The molecule has 2 aromatic carbocycles. The zero-order chi connectivity index (χ0) is 20.0. The van der Waals surface area contributed by atoms with Crippen LogP contribution in [0.1, 0.15) is 25.3 Å². The Balaban J connectivity index is 1.55. The molecule has 0 unspecified atom stereocenters. The molecule has 0 heterocycles. The van der Waals surface area contributed by atoms with Crippen LogP contribution < -0.4 is 14.8 Å². The van der Waals surface area contributed by atoms with E-state index in [9.17, 15) is 9.59 Å². The number of hydrogen-bond donors (Lipinski definition) is 1. The minimum absolute atomic E-state index is 0.189. The molecule has 0 aromatic heterocycles. The number of para-hydroxylation sites is 2. The van der Waals surface area contributed by atoms with E-state index in [0.717, 1.165) is 12.0 Å². The maximum atomic E-state index is 11.7. The summed E-state index contributed by atoms with van der Waals surface area (Å²) in [6.07, 6.45) is 1.42. The molecule has 0 spiro atoms. The molecule has 2 aromatic rings. The summed E-state index contributed by atoms with van der Waals surface area (Å²) < 4.78 is 16.1. The van der Waals surface area contributed by atoms with Gasteiger partial charge in [0.05, 0.1) is 13.2 Å². The molecule has 0 saturated heterocycles. The molecular formula is C22H27NO5. The minimum Gasteiger partial charge on any atom is -0.490 e. The van der Waals surface area contributed by atoms with Crippen molar-refractivity contribution in [2.24, 2.45) is 0 Å². The molecule has 1 N–H and O–H groups in total. The number of carbonyl (C=O) groups is 2. The maximum absolute atomic E-state index is 11.7. The molecule has 0 bridgehead atoms. The molecule has 6 heteroatoms. The van der Waals surface area contributed by atoms with Crippen LogP contribution in [0.3, 0.4) is 0 Å². The van der Waals surface area contributed by atoms with Crippen molar-refractivity contribution in [3.05, 3.63) is 60.2 Å². The summed E-state index contributed by atoms with van der Waals surface area (Å²) in [5.74, 6) is 0.612. The van der Waals surface area contributed by atoms with Gasteiger partial charge in [-0.1, -0.05) is 42.5 Å². The third-order valence-corrected chi connectivity index (χ3v) is 3.87. The highest BCUT2D eigenvalue weighted by molar-refractivity contribution is 5.80. The van der Waals surface area contributed by atoms with Gasteiger partial charge < -0.3 is 19.5 Å². The number of benzene rings is 2. The molecule has 2 rings (SSSR count). The second-order valence-corrected chi connectivity index (χ2v) is 6.08. The molecule has 0 radical (unpaired) electrons. The van der Waals surface area contributed by atoms with Crippen LogP contribution in [-0.2, 0) is 20.7 Å². The van der Waals surface area contributed by atoms with E-state index in [1.54, 1.807) is 0 Å². The van der Waals surface area contributed by atoms with Gasteiger partial charge in [0.1, 0.15) is 0 Å². The molecule has 0 fully saturated rings. The summed E-state index contributed by atoms with van der Waals surface area (Å²) in [5, 5.41) is 2.74. The maximum Gasteiger partial charge on any atom is 0.306 e. The van der Waals surface area contributed by atoms with Crippen LogP contribution in [0, 0.1) is 0 Å². The largest absolute Gasteiger partial charge is 0.490 e. The molecule has 1 amide bonds. The first-order valence-corrected chi connectivity index (χ1v) is 9.50. The lowest BCUT2D eigenvalue weighted by Crippen LogP contribution is -2.30. The monoisotopic (exact) mass is 385 g/mol. The third kappa shape index (κ3) is 8.12. The highest BCUT2D eigenvalue weighted by atomic mass is 16.5. The lowest BCUT2D eigenvalue weighted by Gasteiger charge is -2.11. The normalized spacial score (nSPS) is 10.2. The van der Waals surface area contributed by atoms with E-state index in [4.69, 9.17) is 14.2 Å². The predicted octanol–water partition coefficient (Wildman–Crippen LogP) is 3.15. The lowest BCUT2D eigenvalue weighted by atomic mass is 10.1. The lowest BCUT2D eigenvalue weighted by molar-refractivity contribution is -0.148. The predicted molar refractivity (Wildman–Crippen MR) is 106 cm³/mol. The first-order valence-electron chi connectivity index (χ1n) is 9.50. The van der Waals surface area contributed by atoms with Crippen LogP contribution in [0.2, 0.25) is 0 Å². The first kappa shape index (κ1) is 21.3. The first-order chi connectivity index (χ1) is 13.7. The molecule has 0 aliphatic heterocycles. The van der Waals surface area contributed by atoms with Crippen molar-refractivity contribution in [2.75, 3.05) is 26.4 Å². The topological polar surface area (TPSA) is 73.9 Å². The fourth-order valence-electron chi connectivity index (χ4n) is 2.50. The average Bonchev–Trinajstić information content (AvgIpc) is 2.72. The van der Waals surface area contributed by atoms with E-state index in [-0.39, 0.29) is 18.9 Å². The van der Waals surface area contributed by atoms with Gasteiger partial charge in [-0.3, -0.25) is 9.59 Å². The molecule has 0 saturated carbocycles. The fourth-order valence-corrected chi connectivity index (χ4v) is 2.50. The van der Waals surface area contributed by atoms with Gasteiger partial charge in [0, 0.05) is 13.0 Å². The van der Waals surface area contributed by atoms with E-state index >= 15 is 0 Å². The van der Waals surface area contributed by atoms with Crippen LogP contribution in [0.4, 0.5) is 0 Å². The van der Waals surface area contributed by atoms with Crippen LogP contribution in [-0.4, -0.2) is 38.2 Å². The van der Waals surface area contributed by atoms with Crippen LogP contribution in [0.15, 0.2) is 54.6 Å². The molecule has 0 aliphatic carbocycles. The van der Waals surface area contributed by atoms with E-state index in [1.165, 1.54) is 0 Å². The van der Waals surface area contributed by atoms with Crippen molar-refractivity contribution < 1.29 is 23.8 Å². The van der Waals surface area contributed by atoms with E-state index in [2.05, 4.69) is 5.32 Å². The average molecular weight is 385 g/mol. The number of hydrogen-bond acceptors (Lipinski definition) is 5. The Labute approximate surface area is 165 Å². The van der Waals surface area contributed by atoms with Gasteiger partial charge in [-0.2, -0.15) is 0 Å². The molecule has 150 valence electrons. The molecule has 28 heavy (non-hydrogen) atoms. The standard InChI is InChI=1S/C22H27NO5/c1-2-26-19-11-6-7-12-20(19)27-16-8-13-22(25)28-17-21(24)23-15-14-18-9-4-3-5-10-18/h3-7,9-12H,2,8,13-17H2,1H3,(H,23,24). The summed E-state index contributed by atoms with van der Waals surface area (Å²) >= 11 is 0. The van der Waals surface area contributed by atoms with Gasteiger partial charge in [-0.15, -0.1) is 0 Å². The van der Waals surface area contributed by atoms with Gasteiger partial charge in [0.25, 0.3) is 5.91 Å². The van der Waals surface area contributed by atoms with E-state index in [0.29, 0.717) is 37.7 Å². The zero-order valence-electron chi connectivity index (χ0n) is 16.2. The molecule has 6 nitrogen and oxygen atoms in total. The summed E-state index contributed by atoms with van der Waals surface area (Å²) in [4.78, 5) is 23.5. The number of carbonyl (C=O) groups excluding carboxylic acids is 2. The highest BCUT2D eigenvalue weighted by Gasteiger charge is 2.08. The smallest absolute Gasteiger partial charge is 0.306 e. The Morgan fingerprint density at radius 2 is 1.61 bits per heavy atom. The highest BCUT2D eigenvalue weighted by Crippen LogP contribution is 2.26. The Kier molecular flexibility index (Phi) is 9.41. The van der Waals surface area contributed by atoms with Crippen molar-refractivity contribution in [1.29, 1.82) is 0 Å². The van der Waals surface area contributed by atoms with Crippen molar-refractivity contribution in [2.45, 2.75) is 26.2 Å². The Morgan fingerprint density at radius 3 is 2.32 bits per heavy atom. The summed E-state index contributed by atoms with van der Waals surface area (Å²) in [6, 6.07) is 17.3. The minimum atomic E-state index is -0.417. The van der Waals surface area contributed by atoms with Gasteiger partial charge in [0.15, 0.2) is 18.1 Å². The van der Waals surface area contributed by atoms with E-state index < -0.39 is 5.97 Å². The number of ether oxygens (including phenoxy) is 3. The molecule has 0 atom stereocenters. The SMILES string of the molecule is CCOc1ccccc1OCCCC(=O)OCC(=O)NCCc1ccccc1. The number of amides is 1. The second-order valence-electron chi connectivity index (χ2n) is 6.08.